The van der Waals surface area contributed by atoms with Crippen LogP contribution in [-0.2, 0) is 16.1 Å². The van der Waals surface area contributed by atoms with E-state index in [2.05, 4.69) is 22.2 Å². The number of rotatable bonds is 7. The predicted octanol–water partition coefficient (Wildman–Crippen LogP) is 3.32. The number of hydrogen-bond acceptors (Lipinski definition) is 4. The average Bonchev–Trinajstić information content (AvgIpc) is 3.19. The van der Waals surface area contributed by atoms with Gasteiger partial charge < -0.3 is 10.2 Å². The molecule has 0 spiro atoms. The minimum atomic E-state index is -0.140. The van der Waals surface area contributed by atoms with Crippen LogP contribution in [0.15, 0.2) is 30.3 Å². The van der Waals surface area contributed by atoms with Gasteiger partial charge in [-0.05, 0) is 44.9 Å². The lowest BCUT2D eigenvalue weighted by atomic mass is 10.0. The molecule has 2 aromatic rings. The Balaban J connectivity index is 1.34. The van der Waals surface area contributed by atoms with Gasteiger partial charge in [-0.25, -0.2) is 4.68 Å². The highest BCUT2D eigenvalue weighted by Gasteiger charge is 2.28. The van der Waals surface area contributed by atoms with Gasteiger partial charge in [-0.1, -0.05) is 30.2 Å². The number of piperidine rings is 1. The molecule has 2 aliphatic heterocycles. The number of aryl methyl sites for hydroxylation is 1. The minimum absolute atomic E-state index is 0.0135. The van der Waals surface area contributed by atoms with Crippen molar-refractivity contribution >= 4 is 29.2 Å². The van der Waals surface area contributed by atoms with Crippen LogP contribution in [0.2, 0.25) is 5.02 Å². The molecule has 1 saturated heterocycles. The Morgan fingerprint density at radius 1 is 1.26 bits per heavy atom. The zero-order chi connectivity index (χ0) is 21.8. The van der Waals surface area contributed by atoms with Crippen LogP contribution in [-0.4, -0.2) is 58.7 Å². The van der Waals surface area contributed by atoms with E-state index >= 15 is 0 Å². The van der Waals surface area contributed by atoms with Crippen molar-refractivity contribution < 1.29 is 9.59 Å². The Bertz CT molecular complexity index is 944. The number of halogens is 1. The summed E-state index contributed by atoms with van der Waals surface area (Å²) >= 11 is 6.10. The first-order valence-electron chi connectivity index (χ1n) is 11.2. The number of carbonyl (C=O) groups is 2. The molecule has 0 radical (unpaired) electrons. The topological polar surface area (TPSA) is 70.5 Å². The van der Waals surface area contributed by atoms with Crippen molar-refractivity contribution in [3.63, 3.8) is 0 Å². The maximum Gasteiger partial charge on any atom is 0.240 e. The number of nitrogens with one attached hydrogen (secondary N) is 1. The third kappa shape index (κ3) is 5.28. The summed E-state index contributed by atoms with van der Waals surface area (Å²) < 4.78 is 1.79. The van der Waals surface area contributed by atoms with E-state index in [0.29, 0.717) is 36.4 Å². The van der Waals surface area contributed by atoms with Gasteiger partial charge >= 0.3 is 0 Å². The zero-order valence-corrected chi connectivity index (χ0v) is 18.8. The van der Waals surface area contributed by atoms with E-state index in [1.54, 1.807) is 4.68 Å². The SMILES string of the molecule is C[C@@H]1CCCCN1CCCNC(=O)CN1C(=O)CCn2nc(-c3cccc(Cl)c3)cc21. The number of amides is 2. The van der Waals surface area contributed by atoms with Crippen molar-refractivity contribution in [1.29, 1.82) is 0 Å². The lowest BCUT2D eigenvalue weighted by molar-refractivity contribution is -0.124. The molecule has 0 aliphatic carbocycles. The van der Waals surface area contributed by atoms with Gasteiger partial charge in [0.2, 0.25) is 11.8 Å². The molecule has 0 unspecified atom stereocenters. The largest absolute Gasteiger partial charge is 0.354 e. The number of nitrogens with zero attached hydrogens (tertiary/aromatic N) is 4. The van der Waals surface area contributed by atoms with E-state index in [9.17, 15) is 9.59 Å². The second kappa shape index (κ2) is 9.83. The molecule has 166 valence electrons. The average molecular weight is 444 g/mol. The van der Waals surface area contributed by atoms with Crippen molar-refractivity contribution in [3.05, 3.63) is 35.4 Å². The fourth-order valence-corrected chi connectivity index (χ4v) is 4.60. The maximum atomic E-state index is 12.5. The monoisotopic (exact) mass is 443 g/mol. The molecular formula is C23H30ClN5O2. The molecule has 3 heterocycles. The van der Waals surface area contributed by atoms with Gasteiger partial charge in [0.05, 0.1) is 12.2 Å². The molecule has 1 atom stereocenters. The molecule has 1 aromatic heterocycles. The second-order valence-corrected chi connectivity index (χ2v) is 8.87. The number of aromatic nitrogens is 2. The van der Waals surface area contributed by atoms with Crippen LogP contribution in [0.5, 0.6) is 0 Å². The minimum Gasteiger partial charge on any atom is -0.354 e. The van der Waals surface area contributed by atoms with Crippen molar-refractivity contribution in [2.45, 2.75) is 51.6 Å². The Morgan fingerprint density at radius 2 is 2.13 bits per heavy atom. The van der Waals surface area contributed by atoms with Gasteiger partial charge in [-0.15, -0.1) is 0 Å². The van der Waals surface area contributed by atoms with Gasteiger partial charge in [-0.2, -0.15) is 5.10 Å². The van der Waals surface area contributed by atoms with Crippen molar-refractivity contribution in [2.75, 3.05) is 31.1 Å². The van der Waals surface area contributed by atoms with Gasteiger partial charge in [0.15, 0.2) is 0 Å². The predicted molar refractivity (Wildman–Crippen MR) is 122 cm³/mol. The Labute approximate surface area is 188 Å². The van der Waals surface area contributed by atoms with Crippen molar-refractivity contribution in [3.8, 4) is 11.3 Å². The Morgan fingerprint density at radius 3 is 2.94 bits per heavy atom. The van der Waals surface area contributed by atoms with E-state index in [-0.39, 0.29) is 18.4 Å². The molecule has 1 aromatic carbocycles. The number of fused-ring (bicyclic) bond motifs is 1. The van der Waals surface area contributed by atoms with Gasteiger partial charge in [0.25, 0.3) is 0 Å². The van der Waals surface area contributed by atoms with Crippen LogP contribution in [0, 0.1) is 0 Å². The highest BCUT2D eigenvalue weighted by molar-refractivity contribution is 6.30. The summed E-state index contributed by atoms with van der Waals surface area (Å²) in [5, 5.41) is 8.22. The summed E-state index contributed by atoms with van der Waals surface area (Å²) in [6.07, 6.45) is 5.09. The maximum absolute atomic E-state index is 12.5. The Kier molecular flexibility index (Phi) is 6.92. The number of hydrogen-bond donors (Lipinski definition) is 1. The summed E-state index contributed by atoms with van der Waals surface area (Å²) in [4.78, 5) is 29.1. The quantitative estimate of drug-likeness (QED) is 0.666. The molecule has 0 bridgehead atoms. The molecule has 2 amide bonds. The first kappa shape index (κ1) is 21.8. The smallest absolute Gasteiger partial charge is 0.240 e. The molecular weight excluding hydrogens is 414 g/mol. The highest BCUT2D eigenvalue weighted by atomic mass is 35.5. The summed E-state index contributed by atoms with van der Waals surface area (Å²) in [6.45, 7) is 5.58. The van der Waals surface area contributed by atoms with E-state index in [4.69, 9.17) is 11.6 Å². The Hall–Kier alpha value is -2.38. The summed E-state index contributed by atoms with van der Waals surface area (Å²) in [5.41, 5.74) is 1.63. The van der Waals surface area contributed by atoms with Crippen LogP contribution in [0.1, 0.15) is 39.0 Å². The van der Waals surface area contributed by atoms with Crippen LogP contribution >= 0.6 is 11.6 Å². The second-order valence-electron chi connectivity index (χ2n) is 8.44. The molecule has 31 heavy (non-hydrogen) atoms. The van der Waals surface area contributed by atoms with Crippen molar-refractivity contribution in [2.24, 2.45) is 0 Å². The van der Waals surface area contributed by atoms with E-state index < -0.39 is 0 Å². The summed E-state index contributed by atoms with van der Waals surface area (Å²) in [5.74, 6) is 0.463. The van der Waals surface area contributed by atoms with E-state index in [1.807, 2.05) is 30.3 Å². The normalized spacial score (nSPS) is 19.4. The molecule has 4 rings (SSSR count). The third-order valence-electron chi connectivity index (χ3n) is 6.18. The van der Waals surface area contributed by atoms with Gasteiger partial charge in [0.1, 0.15) is 12.4 Å². The number of likely N-dealkylation sites (tertiary alicyclic amines) is 1. The molecule has 7 nitrogen and oxygen atoms in total. The number of anilines is 1. The lowest BCUT2D eigenvalue weighted by Gasteiger charge is -2.33. The van der Waals surface area contributed by atoms with Crippen LogP contribution < -0.4 is 10.2 Å². The van der Waals surface area contributed by atoms with Gasteiger partial charge in [0, 0.05) is 42.2 Å². The first-order chi connectivity index (χ1) is 15.0. The van der Waals surface area contributed by atoms with Crippen LogP contribution in [0.3, 0.4) is 0 Å². The third-order valence-corrected chi connectivity index (χ3v) is 6.42. The molecule has 8 heteroatoms. The van der Waals surface area contributed by atoms with Crippen LogP contribution in [0.25, 0.3) is 11.3 Å². The van der Waals surface area contributed by atoms with E-state index in [1.165, 1.54) is 24.2 Å². The fraction of sp³-hybridized carbons (Fsp3) is 0.522. The number of carbonyl (C=O) groups excluding carboxylic acids is 2. The van der Waals surface area contributed by atoms with E-state index in [0.717, 1.165) is 30.8 Å². The molecule has 2 aliphatic rings. The zero-order valence-electron chi connectivity index (χ0n) is 18.0. The first-order valence-corrected chi connectivity index (χ1v) is 11.5. The lowest BCUT2D eigenvalue weighted by Crippen LogP contribution is -2.45. The highest BCUT2D eigenvalue weighted by Crippen LogP contribution is 2.29. The van der Waals surface area contributed by atoms with Gasteiger partial charge in [-0.3, -0.25) is 14.5 Å². The number of benzene rings is 1. The van der Waals surface area contributed by atoms with Crippen LogP contribution in [0.4, 0.5) is 5.82 Å². The summed E-state index contributed by atoms with van der Waals surface area (Å²) in [7, 11) is 0. The molecule has 1 fully saturated rings. The molecule has 0 saturated carbocycles. The standard InChI is InChI=1S/C23H30ClN5O2/c1-17-6-2-3-11-27(17)12-5-10-25-21(30)16-28-22-15-20(18-7-4-8-19(24)14-18)26-29(22)13-9-23(28)31/h4,7-8,14-15,17H,2-3,5-6,9-13,16H2,1H3,(H,25,30)/t17-/m1/s1. The molecule has 1 N–H and O–H groups in total. The fourth-order valence-electron chi connectivity index (χ4n) is 4.41. The summed E-state index contributed by atoms with van der Waals surface area (Å²) in [6, 6.07) is 9.95. The van der Waals surface area contributed by atoms with Crippen molar-refractivity contribution in [1.82, 2.24) is 20.0 Å².